The number of hydrogen-bond acceptors (Lipinski definition) is 5. The van der Waals surface area contributed by atoms with Crippen LogP contribution < -0.4 is 10.6 Å². The van der Waals surface area contributed by atoms with E-state index >= 15 is 0 Å². The quantitative estimate of drug-likeness (QED) is 0.592. The van der Waals surface area contributed by atoms with Crippen molar-refractivity contribution in [3.8, 4) is 0 Å². The maximum atomic E-state index is 13.5. The van der Waals surface area contributed by atoms with Crippen molar-refractivity contribution in [2.45, 2.75) is 12.6 Å². The number of halogens is 1. The molecule has 0 bridgehead atoms. The first-order valence-electron chi connectivity index (χ1n) is 8.28. The van der Waals surface area contributed by atoms with Crippen molar-refractivity contribution in [2.24, 2.45) is 0 Å². The standard InChI is InChI=1S/C19H19FN2O5S/c20-14-8-4-5-9-15(14)21-17(23)12-28-11-16(18(24)25)22-19(26)27-10-13-6-2-1-3-7-13/h1-9,16H,10-12H2,(H,21,23)(H,22,26)(H,24,25). The van der Waals surface area contributed by atoms with Crippen LogP contribution in [-0.2, 0) is 20.9 Å². The summed E-state index contributed by atoms with van der Waals surface area (Å²) in [6.45, 7) is 0.0111. The molecule has 0 aliphatic rings. The monoisotopic (exact) mass is 406 g/mol. The lowest BCUT2D eigenvalue weighted by Gasteiger charge is -2.14. The number of alkyl carbamates (subject to hydrolysis) is 1. The molecular formula is C19H19FN2O5S. The Kier molecular flexibility index (Phi) is 8.29. The van der Waals surface area contributed by atoms with Crippen LogP contribution in [-0.4, -0.2) is 40.6 Å². The van der Waals surface area contributed by atoms with Gasteiger partial charge in [0.1, 0.15) is 18.5 Å². The number of ether oxygens (including phenoxy) is 1. The number of hydrogen-bond donors (Lipinski definition) is 3. The van der Waals surface area contributed by atoms with Gasteiger partial charge in [0, 0.05) is 5.75 Å². The van der Waals surface area contributed by atoms with E-state index in [0.29, 0.717) is 0 Å². The van der Waals surface area contributed by atoms with E-state index in [2.05, 4.69) is 10.6 Å². The molecule has 3 N–H and O–H groups in total. The highest BCUT2D eigenvalue weighted by Crippen LogP contribution is 2.13. The van der Waals surface area contributed by atoms with Crippen LogP contribution in [0.3, 0.4) is 0 Å². The van der Waals surface area contributed by atoms with Gasteiger partial charge in [-0.05, 0) is 17.7 Å². The summed E-state index contributed by atoms with van der Waals surface area (Å²) in [5, 5.41) is 13.9. The van der Waals surface area contributed by atoms with Crippen LogP contribution >= 0.6 is 11.8 Å². The number of carboxylic acid groups (broad SMARTS) is 1. The summed E-state index contributed by atoms with van der Waals surface area (Å²) in [5.41, 5.74) is 0.814. The van der Waals surface area contributed by atoms with Crippen LogP contribution in [0.2, 0.25) is 0 Å². The zero-order valence-corrected chi connectivity index (χ0v) is 15.6. The molecule has 148 valence electrons. The van der Waals surface area contributed by atoms with Gasteiger partial charge < -0.3 is 20.5 Å². The molecule has 0 aromatic heterocycles. The van der Waals surface area contributed by atoms with Crippen molar-refractivity contribution in [3.63, 3.8) is 0 Å². The molecule has 2 rings (SSSR count). The van der Waals surface area contributed by atoms with Gasteiger partial charge in [-0.15, -0.1) is 11.8 Å². The zero-order valence-electron chi connectivity index (χ0n) is 14.8. The molecule has 0 saturated carbocycles. The molecule has 0 radical (unpaired) electrons. The Balaban J connectivity index is 1.74. The number of amides is 2. The highest BCUT2D eigenvalue weighted by Gasteiger charge is 2.21. The van der Waals surface area contributed by atoms with Gasteiger partial charge in [-0.3, -0.25) is 4.79 Å². The topological polar surface area (TPSA) is 105 Å². The fraction of sp³-hybridized carbons (Fsp3) is 0.211. The third-order valence-corrected chi connectivity index (χ3v) is 4.50. The molecule has 1 atom stereocenters. The maximum absolute atomic E-state index is 13.5. The fourth-order valence-electron chi connectivity index (χ4n) is 2.10. The van der Waals surface area contributed by atoms with Gasteiger partial charge in [0.25, 0.3) is 0 Å². The first-order chi connectivity index (χ1) is 13.5. The summed E-state index contributed by atoms with van der Waals surface area (Å²) in [6.07, 6.45) is -0.868. The van der Waals surface area contributed by atoms with Crippen molar-refractivity contribution in [1.82, 2.24) is 5.32 Å². The Hall–Kier alpha value is -3.07. The molecule has 0 saturated heterocycles. The molecule has 9 heteroatoms. The summed E-state index contributed by atoms with van der Waals surface area (Å²) in [6, 6.07) is 13.4. The Morgan fingerprint density at radius 2 is 1.75 bits per heavy atom. The molecule has 28 heavy (non-hydrogen) atoms. The van der Waals surface area contributed by atoms with Crippen LogP contribution in [0.15, 0.2) is 54.6 Å². The number of thioether (sulfide) groups is 1. The van der Waals surface area contributed by atoms with Gasteiger partial charge >= 0.3 is 12.1 Å². The Morgan fingerprint density at radius 3 is 2.43 bits per heavy atom. The van der Waals surface area contributed by atoms with Gasteiger partial charge in [-0.1, -0.05) is 42.5 Å². The van der Waals surface area contributed by atoms with Gasteiger partial charge in [0.15, 0.2) is 0 Å². The molecule has 7 nitrogen and oxygen atoms in total. The molecular weight excluding hydrogens is 387 g/mol. The minimum atomic E-state index is -1.25. The van der Waals surface area contributed by atoms with Gasteiger partial charge in [0.05, 0.1) is 11.4 Å². The second kappa shape index (κ2) is 10.9. The lowest BCUT2D eigenvalue weighted by atomic mass is 10.2. The number of anilines is 1. The van der Waals surface area contributed by atoms with E-state index in [-0.39, 0.29) is 23.8 Å². The summed E-state index contributed by atoms with van der Waals surface area (Å²) in [4.78, 5) is 34.9. The van der Waals surface area contributed by atoms with Gasteiger partial charge in [-0.2, -0.15) is 0 Å². The average molecular weight is 406 g/mol. The number of para-hydroxylation sites is 1. The Bertz CT molecular complexity index is 819. The molecule has 0 spiro atoms. The molecule has 0 aliphatic heterocycles. The molecule has 1 unspecified atom stereocenters. The van der Waals surface area contributed by atoms with Gasteiger partial charge in [0.2, 0.25) is 5.91 Å². The number of carbonyl (C=O) groups is 3. The van der Waals surface area contributed by atoms with Crippen molar-refractivity contribution < 1.29 is 28.6 Å². The van der Waals surface area contributed by atoms with Crippen molar-refractivity contribution in [1.29, 1.82) is 0 Å². The third-order valence-electron chi connectivity index (χ3n) is 3.47. The molecule has 0 fully saturated rings. The summed E-state index contributed by atoms with van der Waals surface area (Å²) < 4.78 is 18.5. The fourth-order valence-corrected chi connectivity index (χ4v) is 2.94. The first kappa shape index (κ1) is 21.2. The third kappa shape index (κ3) is 7.28. The predicted molar refractivity (Wildman–Crippen MR) is 104 cm³/mol. The molecule has 0 heterocycles. The summed E-state index contributed by atoms with van der Waals surface area (Å²) in [7, 11) is 0. The van der Waals surface area contributed by atoms with Crippen molar-refractivity contribution in [3.05, 3.63) is 66.0 Å². The SMILES string of the molecule is O=C(CSCC(NC(=O)OCc1ccccc1)C(=O)O)Nc1ccccc1F. The number of benzene rings is 2. The van der Waals surface area contributed by atoms with Crippen molar-refractivity contribution >= 4 is 35.4 Å². The van der Waals surface area contributed by atoms with E-state index in [1.54, 1.807) is 30.3 Å². The van der Waals surface area contributed by atoms with E-state index in [9.17, 15) is 23.9 Å². The van der Waals surface area contributed by atoms with E-state index in [1.807, 2.05) is 6.07 Å². The normalized spacial score (nSPS) is 11.3. The van der Waals surface area contributed by atoms with Crippen LogP contribution in [0.4, 0.5) is 14.9 Å². The smallest absolute Gasteiger partial charge is 0.408 e. The highest BCUT2D eigenvalue weighted by molar-refractivity contribution is 8.00. The van der Waals surface area contributed by atoms with Gasteiger partial charge in [-0.25, -0.2) is 14.0 Å². The molecule has 0 aliphatic carbocycles. The van der Waals surface area contributed by atoms with Crippen LogP contribution in [0.1, 0.15) is 5.56 Å². The number of rotatable bonds is 9. The first-order valence-corrected chi connectivity index (χ1v) is 9.43. The highest BCUT2D eigenvalue weighted by atomic mass is 32.2. The summed E-state index contributed by atoms with van der Waals surface area (Å²) >= 11 is 0.994. The second-order valence-electron chi connectivity index (χ2n) is 5.64. The number of carboxylic acids is 1. The largest absolute Gasteiger partial charge is 0.480 e. The molecule has 2 aromatic rings. The Labute approximate surface area is 165 Å². The number of aliphatic carboxylic acids is 1. The van der Waals surface area contributed by atoms with E-state index < -0.39 is 29.8 Å². The van der Waals surface area contributed by atoms with Crippen molar-refractivity contribution in [2.75, 3.05) is 16.8 Å². The van der Waals surface area contributed by atoms with E-state index in [1.165, 1.54) is 18.2 Å². The van der Waals surface area contributed by atoms with E-state index in [4.69, 9.17) is 4.74 Å². The molecule has 2 amide bonds. The average Bonchev–Trinajstić information content (AvgIpc) is 2.68. The zero-order chi connectivity index (χ0) is 20.4. The van der Waals surface area contributed by atoms with Crippen LogP contribution in [0, 0.1) is 5.82 Å². The maximum Gasteiger partial charge on any atom is 0.408 e. The Morgan fingerprint density at radius 1 is 1.07 bits per heavy atom. The number of nitrogens with one attached hydrogen (secondary N) is 2. The lowest BCUT2D eigenvalue weighted by Crippen LogP contribution is -2.43. The second-order valence-corrected chi connectivity index (χ2v) is 6.67. The van der Waals surface area contributed by atoms with Crippen LogP contribution in [0.5, 0.6) is 0 Å². The minimum Gasteiger partial charge on any atom is -0.480 e. The molecule has 2 aromatic carbocycles. The summed E-state index contributed by atoms with van der Waals surface area (Å²) in [5.74, 6) is -2.45. The predicted octanol–water partition coefficient (Wildman–Crippen LogP) is 2.88. The number of carbonyl (C=O) groups excluding carboxylic acids is 2. The minimum absolute atomic E-state index is 0.0111. The lowest BCUT2D eigenvalue weighted by molar-refractivity contribution is -0.138. The van der Waals surface area contributed by atoms with Crippen LogP contribution in [0.25, 0.3) is 0 Å². The van der Waals surface area contributed by atoms with E-state index in [0.717, 1.165) is 17.3 Å².